The average molecular weight is 498 g/mol. The van der Waals surface area contributed by atoms with E-state index in [4.69, 9.17) is 4.74 Å². The van der Waals surface area contributed by atoms with Crippen LogP contribution in [0.3, 0.4) is 0 Å². The van der Waals surface area contributed by atoms with Gasteiger partial charge in [0.05, 0.1) is 18.2 Å². The molecule has 1 N–H and O–H groups in total. The van der Waals surface area contributed by atoms with Crippen LogP contribution >= 0.6 is 27.7 Å². The lowest BCUT2D eigenvalue weighted by molar-refractivity contribution is -0.119. The zero-order valence-corrected chi connectivity index (χ0v) is 18.8. The molecule has 0 aliphatic carbocycles. The Morgan fingerprint density at radius 3 is 2.45 bits per heavy atom. The second-order valence-corrected chi connectivity index (χ2v) is 10.3. The lowest BCUT2D eigenvalue weighted by atomic mass is 10.2. The van der Waals surface area contributed by atoms with Crippen molar-refractivity contribution in [3.05, 3.63) is 58.6 Å². The second-order valence-electron chi connectivity index (χ2n) is 6.39. The standard InChI is InChI=1S/C19H20BrN3O4S2/c1-29(25,26)23(16-6-4-15(20)5-7-16)11-19(24)22-21-10-14-2-8-17(9-3-14)27-18-12-28-13-18/h2-10,18H,11-13H2,1H3,(H,22,24)/b21-10-. The molecule has 29 heavy (non-hydrogen) atoms. The number of hydrazone groups is 1. The Hall–Kier alpha value is -2.04. The van der Waals surface area contributed by atoms with Crippen LogP contribution in [-0.4, -0.2) is 50.9 Å². The van der Waals surface area contributed by atoms with Crippen LogP contribution in [0.1, 0.15) is 5.56 Å². The van der Waals surface area contributed by atoms with E-state index in [1.165, 1.54) is 6.21 Å². The summed E-state index contributed by atoms with van der Waals surface area (Å²) in [5.74, 6) is 2.28. The maximum atomic E-state index is 12.2. The van der Waals surface area contributed by atoms with Crippen molar-refractivity contribution in [1.29, 1.82) is 0 Å². The molecule has 2 aromatic carbocycles. The summed E-state index contributed by atoms with van der Waals surface area (Å²) >= 11 is 5.16. The van der Waals surface area contributed by atoms with Gasteiger partial charge in [-0.1, -0.05) is 15.9 Å². The van der Waals surface area contributed by atoms with Gasteiger partial charge in [0.25, 0.3) is 5.91 Å². The smallest absolute Gasteiger partial charge is 0.260 e. The van der Waals surface area contributed by atoms with Crippen molar-refractivity contribution < 1.29 is 17.9 Å². The van der Waals surface area contributed by atoms with E-state index in [1.807, 2.05) is 36.0 Å². The van der Waals surface area contributed by atoms with Crippen LogP contribution in [-0.2, 0) is 14.8 Å². The van der Waals surface area contributed by atoms with Gasteiger partial charge in [-0.05, 0) is 54.1 Å². The minimum atomic E-state index is -3.63. The molecular formula is C19H20BrN3O4S2. The molecular weight excluding hydrogens is 478 g/mol. The first-order valence-electron chi connectivity index (χ1n) is 8.71. The number of nitrogens with one attached hydrogen (secondary N) is 1. The molecule has 3 rings (SSSR count). The third-order valence-electron chi connectivity index (χ3n) is 4.00. The van der Waals surface area contributed by atoms with E-state index < -0.39 is 15.9 Å². The molecule has 2 aromatic rings. The van der Waals surface area contributed by atoms with Gasteiger partial charge < -0.3 is 4.74 Å². The quantitative estimate of drug-likeness (QED) is 0.447. The number of carbonyl (C=O) groups excluding carboxylic acids is 1. The molecule has 0 saturated carbocycles. The molecule has 7 nitrogen and oxygen atoms in total. The Labute approximate surface area is 182 Å². The van der Waals surface area contributed by atoms with Crippen LogP contribution in [0.2, 0.25) is 0 Å². The Morgan fingerprint density at radius 1 is 1.24 bits per heavy atom. The molecule has 0 radical (unpaired) electrons. The first kappa shape index (κ1) is 21.7. The number of thioether (sulfide) groups is 1. The maximum Gasteiger partial charge on any atom is 0.260 e. The predicted molar refractivity (Wildman–Crippen MR) is 120 cm³/mol. The van der Waals surface area contributed by atoms with Gasteiger partial charge in [-0.3, -0.25) is 9.10 Å². The summed E-state index contributed by atoms with van der Waals surface area (Å²) in [5.41, 5.74) is 3.55. The number of benzene rings is 2. The summed E-state index contributed by atoms with van der Waals surface area (Å²) < 4.78 is 31.7. The van der Waals surface area contributed by atoms with Gasteiger partial charge in [-0.15, -0.1) is 0 Å². The van der Waals surface area contributed by atoms with Gasteiger partial charge in [0.15, 0.2) is 0 Å². The van der Waals surface area contributed by atoms with E-state index in [9.17, 15) is 13.2 Å². The number of hydrogen-bond acceptors (Lipinski definition) is 6. The Balaban J connectivity index is 1.56. The van der Waals surface area contributed by atoms with Crippen LogP contribution in [0.5, 0.6) is 5.75 Å². The fourth-order valence-corrected chi connectivity index (χ4v) is 4.14. The van der Waals surface area contributed by atoms with Crippen LogP contribution in [0.4, 0.5) is 5.69 Å². The van der Waals surface area contributed by atoms with Crippen LogP contribution < -0.4 is 14.5 Å². The van der Waals surface area contributed by atoms with Crippen molar-refractivity contribution in [2.45, 2.75) is 6.10 Å². The van der Waals surface area contributed by atoms with Crippen molar-refractivity contribution in [2.24, 2.45) is 5.10 Å². The fraction of sp³-hybridized carbons (Fsp3) is 0.263. The number of ether oxygens (including phenoxy) is 1. The Morgan fingerprint density at radius 2 is 1.90 bits per heavy atom. The third kappa shape index (κ3) is 6.48. The van der Waals surface area contributed by atoms with Gasteiger partial charge in [0.2, 0.25) is 10.0 Å². The third-order valence-corrected chi connectivity index (χ3v) is 6.88. The highest BCUT2D eigenvalue weighted by molar-refractivity contribution is 9.10. The lowest BCUT2D eigenvalue weighted by Crippen LogP contribution is -2.39. The van der Waals surface area contributed by atoms with Gasteiger partial charge >= 0.3 is 0 Å². The number of nitrogens with zero attached hydrogens (tertiary/aromatic N) is 2. The molecule has 1 aliphatic heterocycles. The van der Waals surface area contributed by atoms with Crippen molar-refractivity contribution in [3.8, 4) is 5.75 Å². The number of amides is 1. The molecule has 1 amide bonds. The number of anilines is 1. The highest BCUT2D eigenvalue weighted by Gasteiger charge is 2.21. The number of sulfonamides is 1. The number of hydrogen-bond donors (Lipinski definition) is 1. The lowest BCUT2D eigenvalue weighted by Gasteiger charge is -2.25. The number of rotatable bonds is 8. The predicted octanol–water partition coefficient (Wildman–Crippen LogP) is 2.86. The second kappa shape index (κ2) is 9.64. The fourth-order valence-electron chi connectivity index (χ4n) is 2.46. The molecule has 154 valence electrons. The Kier molecular flexibility index (Phi) is 7.20. The molecule has 1 fully saturated rings. The molecule has 0 unspecified atom stereocenters. The van der Waals surface area contributed by atoms with E-state index in [0.29, 0.717) is 5.69 Å². The van der Waals surface area contributed by atoms with Crippen LogP contribution in [0.15, 0.2) is 58.1 Å². The van der Waals surface area contributed by atoms with Crippen molar-refractivity contribution in [2.75, 3.05) is 28.6 Å². The number of halogens is 1. The topological polar surface area (TPSA) is 88.1 Å². The maximum absolute atomic E-state index is 12.2. The summed E-state index contributed by atoms with van der Waals surface area (Å²) in [7, 11) is -3.63. The summed E-state index contributed by atoms with van der Waals surface area (Å²) in [6.07, 6.45) is 2.82. The molecule has 0 aromatic heterocycles. The average Bonchev–Trinajstić information content (AvgIpc) is 2.64. The molecule has 10 heteroatoms. The van der Waals surface area contributed by atoms with Gasteiger partial charge in [0.1, 0.15) is 18.4 Å². The van der Waals surface area contributed by atoms with Crippen LogP contribution in [0, 0.1) is 0 Å². The summed E-state index contributed by atoms with van der Waals surface area (Å²) in [6.45, 7) is -0.371. The minimum Gasteiger partial charge on any atom is -0.489 e. The van der Waals surface area contributed by atoms with E-state index in [0.717, 1.165) is 37.9 Å². The SMILES string of the molecule is CS(=O)(=O)N(CC(=O)N/N=C\c1ccc(OC2CSC2)cc1)c1ccc(Br)cc1. The van der Waals surface area contributed by atoms with E-state index in [2.05, 4.69) is 26.5 Å². The van der Waals surface area contributed by atoms with E-state index in [1.54, 1.807) is 24.3 Å². The van der Waals surface area contributed by atoms with Gasteiger partial charge in [-0.2, -0.15) is 16.9 Å². The highest BCUT2D eigenvalue weighted by Crippen LogP contribution is 2.24. The summed E-state index contributed by atoms with van der Waals surface area (Å²) in [5, 5.41) is 3.90. The molecule has 1 heterocycles. The highest BCUT2D eigenvalue weighted by atomic mass is 79.9. The normalized spacial score (nSPS) is 14.4. The van der Waals surface area contributed by atoms with Crippen molar-refractivity contribution in [1.82, 2.24) is 5.43 Å². The van der Waals surface area contributed by atoms with Crippen molar-refractivity contribution in [3.63, 3.8) is 0 Å². The first-order chi connectivity index (χ1) is 13.8. The zero-order chi connectivity index (χ0) is 20.9. The largest absolute Gasteiger partial charge is 0.489 e. The summed E-state index contributed by atoms with van der Waals surface area (Å²) in [6, 6.07) is 14.0. The minimum absolute atomic E-state index is 0.280. The molecule has 0 atom stereocenters. The van der Waals surface area contributed by atoms with E-state index in [-0.39, 0.29) is 12.6 Å². The monoisotopic (exact) mass is 497 g/mol. The van der Waals surface area contributed by atoms with Gasteiger partial charge in [0, 0.05) is 16.0 Å². The molecule has 1 aliphatic rings. The summed E-state index contributed by atoms with van der Waals surface area (Å²) in [4.78, 5) is 12.2. The van der Waals surface area contributed by atoms with E-state index >= 15 is 0 Å². The molecule has 1 saturated heterocycles. The van der Waals surface area contributed by atoms with Gasteiger partial charge in [-0.25, -0.2) is 13.8 Å². The number of carbonyl (C=O) groups is 1. The first-order valence-corrected chi connectivity index (χ1v) is 12.5. The van der Waals surface area contributed by atoms with Crippen molar-refractivity contribution >= 4 is 55.5 Å². The molecule has 0 bridgehead atoms. The Bertz CT molecular complexity index is 976. The van der Waals surface area contributed by atoms with Crippen LogP contribution in [0.25, 0.3) is 0 Å². The zero-order valence-electron chi connectivity index (χ0n) is 15.6. The molecule has 0 spiro atoms.